The summed E-state index contributed by atoms with van der Waals surface area (Å²) in [5.74, 6) is 2.36. The average Bonchev–Trinajstić information content (AvgIpc) is 3.03. The number of nitrogens with zero attached hydrogens (tertiary/aromatic N) is 3. The minimum Gasteiger partial charge on any atom is -0.493 e. The van der Waals surface area contributed by atoms with E-state index in [4.69, 9.17) is 9.72 Å². The van der Waals surface area contributed by atoms with E-state index in [1.807, 2.05) is 41.3 Å². The highest BCUT2D eigenvalue weighted by molar-refractivity contribution is 5.78. The molecule has 158 valence electrons. The average molecular weight is 407 g/mol. The predicted octanol–water partition coefficient (Wildman–Crippen LogP) is 4.19. The summed E-state index contributed by atoms with van der Waals surface area (Å²) in [6.45, 7) is 7.91. The van der Waals surface area contributed by atoms with Crippen LogP contribution in [-0.4, -0.2) is 53.6 Å². The van der Waals surface area contributed by atoms with Gasteiger partial charge in [0, 0.05) is 26.2 Å². The van der Waals surface area contributed by atoms with Crippen molar-refractivity contribution >= 4 is 22.9 Å². The number of ether oxygens (including phenoxy) is 1. The van der Waals surface area contributed by atoms with E-state index in [0.29, 0.717) is 25.5 Å². The Bertz CT molecular complexity index is 947. The number of H-pyrrole nitrogens is 1. The lowest BCUT2D eigenvalue weighted by Crippen LogP contribution is -2.36. The summed E-state index contributed by atoms with van der Waals surface area (Å²) >= 11 is 0. The molecule has 0 bridgehead atoms. The molecule has 2 aromatic carbocycles. The smallest absolute Gasteiger partial charge is 0.226 e. The van der Waals surface area contributed by atoms with Gasteiger partial charge in [-0.3, -0.25) is 4.79 Å². The Labute approximate surface area is 177 Å². The number of hydrogen-bond acceptors (Lipinski definition) is 4. The maximum Gasteiger partial charge on any atom is 0.226 e. The fourth-order valence-electron chi connectivity index (χ4n) is 3.83. The van der Waals surface area contributed by atoms with Crippen molar-refractivity contribution in [3.05, 3.63) is 54.1 Å². The van der Waals surface area contributed by atoms with E-state index in [9.17, 15) is 4.79 Å². The lowest BCUT2D eigenvalue weighted by Gasteiger charge is -2.22. The van der Waals surface area contributed by atoms with Crippen molar-refractivity contribution < 1.29 is 9.53 Å². The Balaban J connectivity index is 1.27. The topological polar surface area (TPSA) is 61.5 Å². The first-order valence-corrected chi connectivity index (χ1v) is 10.8. The summed E-state index contributed by atoms with van der Waals surface area (Å²) in [6, 6.07) is 16.2. The summed E-state index contributed by atoms with van der Waals surface area (Å²) in [5.41, 5.74) is 3.31. The SMILES string of the molecule is CC(C)c1ccc(OCCC(=O)N2CCCN(c3nc4ccccc4[nH]3)CC2)cc1. The molecule has 0 unspecified atom stereocenters. The van der Waals surface area contributed by atoms with Crippen molar-refractivity contribution in [1.82, 2.24) is 14.9 Å². The molecule has 4 rings (SSSR count). The van der Waals surface area contributed by atoms with Crippen molar-refractivity contribution in [2.75, 3.05) is 37.7 Å². The highest BCUT2D eigenvalue weighted by atomic mass is 16.5. The summed E-state index contributed by atoms with van der Waals surface area (Å²) in [7, 11) is 0. The molecule has 30 heavy (non-hydrogen) atoms. The van der Waals surface area contributed by atoms with E-state index >= 15 is 0 Å². The quantitative estimate of drug-likeness (QED) is 0.667. The highest BCUT2D eigenvalue weighted by Crippen LogP contribution is 2.20. The van der Waals surface area contributed by atoms with Gasteiger partial charge in [-0.1, -0.05) is 38.1 Å². The lowest BCUT2D eigenvalue weighted by atomic mass is 10.0. The van der Waals surface area contributed by atoms with Gasteiger partial charge in [-0.2, -0.15) is 0 Å². The number of para-hydroxylation sites is 2. The third-order valence-electron chi connectivity index (χ3n) is 5.66. The van der Waals surface area contributed by atoms with Gasteiger partial charge in [-0.05, 0) is 42.2 Å². The molecule has 1 aromatic heterocycles. The fourth-order valence-corrected chi connectivity index (χ4v) is 3.83. The first-order chi connectivity index (χ1) is 14.6. The van der Waals surface area contributed by atoms with E-state index < -0.39 is 0 Å². The van der Waals surface area contributed by atoms with Crippen molar-refractivity contribution in [2.45, 2.75) is 32.6 Å². The maximum atomic E-state index is 12.7. The molecule has 2 heterocycles. The number of carbonyl (C=O) groups excluding carboxylic acids is 1. The second-order valence-electron chi connectivity index (χ2n) is 8.12. The lowest BCUT2D eigenvalue weighted by molar-refractivity contribution is -0.131. The van der Waals surface area contributed by atoms with Gasteiger partial charge in [0.25, 0.3) is 0 Å². The van der Waals surface area contributed by atoms with Gasteiger partial charge in [0.05, 0.1) is 24.1 Å². The molecule has 1 N–H and O–H groups in total. The molecule has 1 aliphatic heterocycles. The highest BCUT2D eigenvalue weighted by Gasteiger charge is 2.20. The van der Waals surface area contributed by atoms with E-state index in [1.165, 1.54) is 5.56 Å². The van der Waals surface area contributed by atoms with E-state index in [1.54, 1.807) is 0 Å². The van der Waals surface area contributed by atoms with Gasteiger partial charge in [0.1, 0.15) is 5.75 Å². The number of benzene rings is 2. The minimum atomic E-state index is 0.153. The molecule has 0 aliphatic carbocycles. The van der Waals surface area contributed by atoms with E-state index in [-0.39, 0.29) is 5.91 Å². The van der Waals surface area contributed by atoms with Gasteiger partial charge >= 0.3 is 0 Å². The van der Waals surface area contributed by atoms with E-state index in [0.717, 1.165) is 48.8 Å². The molecular weight excluding hydrogens is 376 g/mol. The molecule has 3 aromatic rings. The number of anilines is 1. The zero-order valence-corrected chi connectivity index (χ0v) is 17.8. The van der Waals surface area contributed by atoms with Crippen LogP contribution in [0.4, 0.5) is 5.95 Å². The van der Waals surface area contributed by atoms with Gasteiger partial charge in [0.15, 0.2) is 0 Å². The first-order valence-electron chi connectivity index (χ1n) is 10.8. The summed E-state index contributed by atoms with van der Waals surface area (Å²) < 4.78 is 5.78. The molecule has 1 saturated heterocycles. The standard InChI is InChI=1S/C24H30N4O2/c1-18(2)19-8-10-20(11-9-19)30-17-12-23(29)27-13-5-14-28(16-15-27)24-25-21-6-3-4-7-22(21)26-24/h3-4,6-11,18H,5,12-17H2,1-2H3,(H,25,26). The molecule has 0 spiro atoms. The number of aromatic nitrogens is 2. The predicted molar refractivity (Wildman–Crippen MR) is 120 cm³/mol. The Morgan fingerprint density at radius 2 is 1.87 bits per heavy atom. The van der Waals surface area contributed by atoms with Crippen LogP contribution < -0.4 is 9.64 Å². The van der Waals surface area contributed by atoms with Gasteiger partial charge < -0.3 is 19.5 Å². The molecule has 6 nitrogen and oxygen atoms in total. The second kappa shape index (κ2) is 9.20. The number of hydrogen-bond donors (Lipinski definition) is 1. The number of amides is 1. The number of aromatic amines is 1. The third-order valence-corrected chi connectivity index (χ3v) is 5.66. The second-order valence-corrected chi connectivity index (χ2v) is 8.12. The zero-order chi connectivity index (χ0) is 20.9. The van der Waals surface area contributed by atoms with Gasteiger partial charge in [-0.15, -0.1) is 0 Å². The van der Waals surface area contributed by atoms with Crippen LogP contribution in [0.25, 0.3) is 11.0 Å². The molecule has 0 atom stereocenters. The number of carbonyl (C=O) groups is 1. The number of fused-ring (bicyclic) bond motifs is 1. The molecule has 0 saturated carbocycles. The van der Waals surface area contributed by atoms with Crippen molar-refractivity contribution in [3.63, 3.8) is 0 Å². The third kappa shape index (κ3) is 4.75. The molecular formula is C24H30N4O2. The normalized spacial score (nSPS) is 14.9. The van der Waals surface area contributed by atoms with E-state index in [2.05, 4.69) is 35.9 Å². The Morgan fingerprint density at radius 1 is 1.07 bits per heavy atom. The summed E-state index contributed by atoms with van der Waals surface area (Å²) in [4.78, 5) is 24.9. The Hall–Kier alpha value is -3.02. The number of nitrogens with one attached hydrogen (secondary N) is 1. The number of rotatable bonds is 6. The maximum absolute atomic E-state index is 12.7. The fraction of sp³-hybridized carbons (Fsp3) is 0.417. The molecule has 0 radical (unpaired) electrons. The first kappa shape index (κ1) is 20.3. The van der Waals surface area contributed by atoms with Crippen LogP contribution in [0, 0.1) is 0 Å². The molecule has 1 amide bonds. The molecule has 6 heteroatoms. The van der Waals surface area contributed by atoms with Crippen LogP contribution in [0.1, 0.15) is 38.2 Å². The molecule has 1 aliphatic rings. The van der Waals surface area contributed by atoms with Crippen LogP contribution in [-0.2, 0) is 4.79 Å². The monoisotopic (exact) mass is 406 g/mol. The van der Waals surface area contributed by atoms with Crippen molar-refractivity contribution in [2.24, 2.45) is 0 Å². The van der Waals surface area contributed by atoms with Crippen LogP contribution >= 0.6 is 0 Å². The zero-order valence-electron chi connectivity index (χ0n) is 17.8. The van der Waals surface area contributed by atoms with Crippen LogP contribution in [0.2, 0.25) is 0 Å². The molecule has 1 fully saturated rings. The summed E-state index contributed by atoms with van der Waals surface area (Å²) in [5, 5.41) is 0. The van der Waals surface area contributed by atoms with Crippen LogP contribution in [0.3, 0.4) is 0 Å². The number of imidazole rings is 1. The van der Waals surface area contributed by atoms with Crippen molar-refractivity contribution in [3.8, 4) is 5.75 Å². The minimum absolute atomic E-state index is 0.153. The van der Waals surface area contributed by atoms with Gasteiger partial charge in [0.2, 0.25) is 11.9 Å². The Kier molecular flexibility index (Phi) is 6.21. The van der Waals surface area contributed by atoms with Crippen LogP contribution in [0.15, 0.2) is 48.5 Å². The summed E-state index contributed by atoms with van der Waals surface area (Å²) in [6.07, 6.45) is 1.33. The largest absolute Gasteiger partial charge is 0.493 e. The Morgan fingerprint density at radius 3 is 2.63 bits per heavy atom. The van der Waals surface area contributed by atoms with Gasteiger partial charge in [-0.25, -0.2) is 4.98 Å². The van der Waals surface area contributed by atoms with Crippen molar-refractivity contribution in [1.29, 1.82) is 0 Å². The van der Waals surface area contributed by atoms with Crippen LogP contribution in [0.5, 0.6) is 5.75 Å².